The minimum Gasteiger partial charge on any atom is -0.311 e. The Morgan fingerprint density at radius 2 is 0.702 bits per heavy atom. The van der Waals surface area contributed by atoms with Crippen molar-refractivity contribution in [1.29, 1.82) is 0 Å². The molecule has 0 radical (unpaired) electrons. The monoisotopic (exact) mass is 1090 g/mol. The van der Waals surface area contributed by atoms with Gasteiger partial charge >= 0.3 is 0 Å². The normalized spacial score (nSPS) is 18.3. The highest BCUT2D eigenvalue weighted by Gasteiger charge is 2.49. The van der Waals surface area contributed by atoms with Gasteiger partial charge in [0, 0.05) is 101 Å². The van der Waals surface area contributed by atoms with E-state index >= 15 is 0 Å². The van der Waals surface area contributed by atoms with E-state index in [0.29, 0.717) is 17.8 Å². The summed E-state index contributed by atoms with van der Waals surface area (Å²) in [6.45, 7) is 9.88. The molecule has 0 saturated heterocycles. The van der Waals surface area contributed by atoms with Crippen LogP contribution in [-0.4, -0.2) is 13.4 Å². The Morgan fingerprint density at radius 1 is 0.310 bits per heavy atom. The van der Waals surface area contributed by atoms with Crippen molar-refractivity contribution in [3.05, 3.63) is 264 Å². The third-order valence-corrected chi connectivity index (χ3v) is 21.8. The minimum atomic E-state index is -0.0558. The molecule has 7 heteroatoms. The molecule has 2 bridgehead atoms. The maximum absolute atomic E-state index is 2.66. The molecular weight excluding hydrogens is 1030 g/mol. The van der Waals surface area contributed by atoms with Crippen molar-refractivity contribution < 1.29 is 0 Å². The molecular formula is C77H56B2N4S. The van der Waals surface area contributed by atoms with Crippen molar-refractivity contribution in [2.75, 3.05) is 19.6 Å². The van der Waals surface area contributed by atoms with E-state index in [4.69, 9.17) is 0 Å². The summed E-state index contributed by atoms with van der Waals surface area (Å²) in [5.74, 6) is 1.27. The second kappa shape index (κ2) is 17.2. The SMILES string of the molecule is CC1CC(C)c2cc(N3c4ccccc4B4c5cc6c(cc5N(c5ccccc5)c5cccc3c54)N(c3ccccc3)c3cccc4c3B6c3ccccc3N4c3ccccc3)cc3c2-c2sc4c5c(ccc(c25)C3C)C(C)c2cccc1c2-4. The van der Waals surface area contributed by atoms with E-state index < -0.39 is 0 Å². The molecule has 19 rings (SSSR count). The molecule has 4 nitrogen and oxygen atoms in total. The van der Waals surface area contributed by atoms with Crippen LogP contribution in [0.4, 0.5) is 68.2 Å². The second-order valence-corrected chi connectivity index (χ2v) is 25.8. The standard InChI is InChI=1S/C77H56B2N4S/c1-44-39-45(2)56-40-51(41-57-47(4)55-38-37-54-46(3)53-28-18-27-52(44)70(53)76-72(54)73(55)77(84-76)71(56)57)83-63-32-17-15-30-59(63)79-61-42-60-68(43-69(61)82(50-25-12-7-13-26-50)66-35-20-36-67(83)75(66)79)81(49-23-10-6-11-24-49)65-34-19-33-64-74(65)78(60)58-29-14-16-31-62(58)80(64)48-21-8-5-9-22-48/h5-38,40-47H,39H2,1-4H3. The zero-order valence-corrected chi connectivity index (χ0v) is 48.1. The summed E-state index contributed by atoms with van der Waals surface area (Å²) < 4.78 is 0. The number of nitrogens with zero attached hydrogens (tertiary/aromatic N) is 4. The van der Waals surface area contributed by atoms with Crippen molar-refractivity contribution in [2.45, 2.75) is 57.8 Å². The number of rotatable bonds is 4. The lowest BCUT2D eigenvalue weighted by Gasteiger charge is -2.47. The van der Waals surface area contributed by atoms with Crippen LogP contribution in [0.15, 0.2) is 231 Å². The molecule has 11 aromatic carbocycles. The largest absolute Gasteiger partial charge is 0.311 e. The van der Waals surface area contributed by atoms with Crippen LogP contribution in [0.3, 0.4) is 0 Å². The van der Waals surface area contributed by atoms with Crippen LogP contribution >= 0.6 is 11.3 Å². The zero-order valence-electron chi connectivity index (χ0n) is 47.3. The van der Waals surface area contributed by atoms with Crippen molar-refractivity contribution in [1.82, 2.24) is 0 Å². The van der Waals surface area contributed by atoms with Gasteiger partial charge in [0.05, 0.1) is 0 Å². The summed E-state index contributed by atoms with van der Waals surface area (Å²) in [6, 6.07) is 88.4. The first-order valence-electron chi connectivity index (χ1n) is 30.3. The number of thiophene rings is 1. The molecule has 84 heavy (non-hydrogen) atoms. The number of anilines is 12. The first kappa shape index (κ1) is 47.2. The molecule has 0 fully saturated rings. The minimum absolute atomic E-state index is 0.0274. The molecule has 0 saturated carbocycles. The summed E-state index contributed by atoms with van der Waals surface area (Å²) in [5.41, 5.74) is 34.3. The van der Waals surface area contributed by atoms with Gasteiger partial charge < -0.3 is 19.6 Å². The Labute approximate surface area is 495 Å². The maximum atomic E-state index is 2.66. The van der Waals surface area contributed by atoms with E-state index in [2.05, 4.69) is 289 Å². The van der Waals surface area contributed by atoms with E-state index in [-0.39, 0.29) is 19.3 Å². The number of hydrogen-bond acceptors (Lipinski definition) is 5. The highest BCUT2D eigenvalue weighted by molar-refractivity contribution is 7.21. The highest BCUT2D eigenvalue weighted by Crippen LogP contribution is 2.62. The fraction of sp³-hybridized carbons (Fsp3) is 0.117. The Kier molecular flexibility index (Phi) is 9.65. The zero-order chi connectivity index (χ0) is 55.4. The maximum Gasteiger partial charge on any atom is 0.252 e. The molecule has 2 aliphatic carbocycles. The second-order valence-electron chi connectivity index (χ2n) is 24.8. The summed E-state index contributed by atoms with van der Waals surface area (Å²) in [4.78, 5) is 13.3. The fourth-order valence-electron chi connectivity index (χ4n) is 17.0. The number of hydrogen-bond donors (Lipinski definition) is 0. The lowest BCUT2D eigenvalue weighted by molar-refractivity contribution is 0.593. The van der Waals surface area contributed by atoms with E-state index in [1.165, 1.54) is 149 Å². The van der Waals surface area contributed by atoms with Crippen molar-refractivity contribution in [3.63, 3.8) is 0 Å². The average molecular weight is 1090 g/mol. The summed E-state index contributed by atoms with van der Waals surface area (Å²) in [5, 5.41) is 3.03. The quantitative estimate of drug-likeness (QED) is 0.163. The third kappa shape index (κ3) is 6.09. The molecule has 6 heterocycles. The molecule has 7 aliphatic rings. The number of benzene rings is 11. The molecule has 1 aromatic heterocycles. The molecule has 5 aliphatic heterocycles. The van der Waals surface area contributed by atoms with E-state index in [1.54, 1.807) is 0 Å². The lowest BCUT2D eigenvalue weighted by Crippen LogP contribution is -2.65. The van der Waals surface area contributed by atoms with Crippen LogP contribution in [0.25, 0.3) is 31.7 Å². The third-order valence-electron chi connectivity index (χ3n) is 20.5. The smallest absolute Gasteiger partial charge is 0.252 e. The summed E-state index contributed by atoms with van der Waals surface area (Å²) in [6.07, 6.45) is 1.08. The molecule has 0 N–H and O–H groups in total. The van der Waals surface area contributed by atoms with Crippen molar-refractivity contribution >= 4 is 137 Å². The van der Waals surface area contributed by atoms with Crippen LogP contribution in [0.1, 0.15) is 91.2 Å². The van der Waals surface area contributed by atoms with Gasteiger partial charge in [-0.1, -0.05) is 167 Å². The van der Waals surface area contributed by atoms with Crippen LogP contribution < -0.4 is 52.4 Å². The predicted molar refractivity (Wildman–Crippen MR) is 357 cm³/mol. The van der Waals surface area contributed by atoms with Crippen molar-refractivity contribution in [2.24, 2.45) is 0 Å². The number of para-hydroxylation sites is 5. The van der Waals surface area contributed by atoms with E-state index in [0.717, 1.165) is 23.5 Å². The first-order chi connectivity index (χ1) is 41.4. The van der Waals surface area contributed by atoms with E-state index in [1.807, 2.05) is 0 Å². The first-order valence-corrected chi connectivity index (χ1v) is 31.1. The molecule has 12 aromatic rings. The van der Waals surface area contributed by atoms with Gasteiger partial charge in [-0.3, -0.25) is 0 Å². The average Bonchev–Trinajstić information content (AvgIpc) is 1.27. The van der Waals surface area contributed by atoms with Crippen LogP contribution in [0, 0.1) is 0 Å². The van der Waals surface area contributed by atoms with Crippen LogP contribution in [0.2, 0.25) is 0 Å². The van der Waals surface area contributed by atoms with Gasteiger partial charge in [0.1, 0.15) is 0 Å². The highest BCUT2D eigenvalue weighted by atomic mass is 32.1. The summed E-state index contributed by atoms with van der Waals surface area (Å²) in [7, 11) is 0. The molecule has 4 atom stereocenters. The van der Waals surface area contributed by atoms with Crippen LogP contribution in [-0.2, 0) is 0 Å². The molecule has 4 unspecified atom stereocenters. The van der Waals surface area contributed by atoms with Crippen LogP contribution in [0.5, 0.6) is 0 Å². The molecule has 396 valence electrons. The summed E-state index contributed by atoms with van der Waals surface area (Å²) >= 11 is 2.08. The number of fused-ring (bicyclic) bond motifs is 8. The Hall–Kier alpha value is -9.29. The lowest BCUT2D eigenvalue weighted by atomic mass is 9.30. The molecule has 0 spiro atoms. The topological polar surface area (TPSA) is 13.0 Å². The van der Waals surface area contributed by atoms with Crippen molar-refractivity contribution in [3.8, 4) is 20.9 Å². The Balaban J connectivity index is 0.860. The Bertz CT molecular complexity index is 4840. The van der Waals surface area contributed by atoms with Gasteiger partial charge in [0.25, 0.3) is 13.4 Å². The molecule has 0 amide bonds. The Morgan fingerprint density at radius 3 is 1.23 bits per heavy atom. The van der Waals surface area contributed by atoms with E-state index in [9.17, 15) is 0 Å². The van der Waals surface area contributed by atoms with Gasteiger partial charge in [-0.05, 0) is 187 Å². The van der Waals surface area contributed by atoms with Gasteiger partial charge in [-0.2, -0.15) is 0 Å². The fourth-order valence-corrected chi connectivity index (χ4v) is 18.6. The van der Waals surface area contributed by atoms with Gasteiger partial charge in [0.2, 0.25) is 0 Å². The predicted octanol–water partition coefficient (Wildman–Crippen LogP) is 16.9. The van der Waals surface area contributed by atoms with Gasteiger partial charge in [-0.25, -0.2) is 0 Å². The van der Waals surface area contributed by atoms with Gasteiger partial charge in [-0.15, -0.1) is 11.3 Å². The van der Waals surface area contributed by atoms with Gasteiger partial charge in [0.15, 0.2) is 0 Å².